The first-order chi connectivity index (χ1) is 68.7. The highest BCUT2D eigenvalue weighted by atomic mass is 32.1. The predicted molar refractivity (Wildman–Crippen MR) is 576 cm³/mol. The van der Waals surface area contributed by atoms with E-state index in [-0.39, 0.29) is 95.9 Å². The first kappa shape index (κ1) is 122. The summed E-state index contributed by atoms with van der Waals surface area (Å²) in [5.41, 5.74) is 10.3. The van der Waals surface area contributed by atoms with E-state index in [1.54, 1.807) is 80.8 Å². The molecule has 9 aromatic rings. The summed E-state index contributed by atoms with van der Waals surface area (Å²) < 4.78 is 65.2. The van der Waals surface area contributed by atoms with E-state index in [4.69, 9.17) is 56.8 Å². The van der Waals surface area contributed by atoms with Crippen LogP contribution < -0.4 is 0 Å². The number of hydrogen-bond acceptors (Lipinski definition) is 23. The van der Waals surface area contributed by atoms with Crippen molar-refractivity contribution in [3.8, 4) is 11.1 Å². The number of esters is 10. The van der Waals surface area contributed by atoms with E-state index in [2.05, 4.69) is 109 Å². The fourth-order valence-electron chi connectivity index (χ4n) is 15.0. The van der Waals surface area contributed by atoms with Gasteiger partial charge >= 0.3 is 59.7 Å². The maximum Gasteiger partial charge on any atom is 0.334 e. The van der Waals surface area contributed by atoms with Crippen molar-refractivity contribution in [3.63, 3.8) is 0 Å². The highest BCUT2D eigenvalue weighted by molar-refractivity contribution is 7.19. The lowest BCUT2D eigenvalue weighted by atomic mass is 9.86. The number of rotatable bonds is 32. The minimum atomic E-state index is -0.623. The Balaban J connectivity index is 0.000000288. The Hall–Kier alpha value is -13.7. The van der Waals surface area contributed by atoms with Gasteiger partial charge in [-0.25, -0.2) is 43.2 Å². The highest BCUT2D eigenvalue weighted by Gasteiger charge is 2.42. The van der Waals surface area contributed by atoms with Crippen LogP contribution in [0.1, 0.15) is 277 Å². The van der Waals surface area contributed by atoms with Crippen LogP contribution in [0.4, 0.5) is 0 Å². The van der Waals surface area contributed by atoms with E-state index in [0.717, 1.165) is 138 Å². The van der Waals surface area contributed by atoms with Crippen LogP contribution in [0.25, 0.3) is 32.0 Å². The molecule has 8 aromatic carbocycles. The molecule has 3 aliphatic carbocycles. The van der Waals surface area contributed by atoms with Gasteiger partial charge in [0.25, 0.3) is 0 Å². The number of fused-ring (bicyclic) bond motifs is 5. The van der Waals surface area contributed by atoms with Gasteiger partial charge in [0.05, 0.1) is 19.8 Å². The summed E-state index contributed by atoms with van der Waals surface area (Å²) >= 11 is 1.68. The van der Waals surface area contributed by atoms with Crippen molar-refractivity contribution in [1.82, 2.24) is 0 Å². The molecule has 13 rings (SSSR count). The van der Waals surface area contributed by atoms with Gasteiger partial charge in [0.1, 0.15) is 47.3 Å². The zero-order valence-electron chi connectivity index (χ0n) is 88.4. The smallest absolute Gasteiger partial charge is 0.334 e. The lowest BCUT2D eigenvalue weighted by Crippen LogP contribution is -2.38. The highest BCUT2D eigenvalue weighted by Crippen LogP contribution is 2.46. The Morgan fingerprint density at radius 3 is 1.18 bits per heavy atom. The topological polar surface area (TPSA) is 281 Å². The van der Waals surface area contributed by atoms with Gasteiger partial charge in [-0.2, -0.15) is 0 Å². The van der Waals surface area contributed by atoms with Gasteiger partial charge in [0.2, 0.25) is 0 Å². The summed E-state index contributed by atoms with van der Waals surface area (Å²) in [6.07, 6.45) is 10.3. The molecular weight excluding hydrogens is 1850 g/mol. The molecule has 0 spiro atoms. The molecule has 1 aliphatic heterocycles. The third-order valence-electron chi connectivity index (χ3n) is 24.3. The minimum absolute atomic E-state index is 0.154. The molecule has 0 bridgehead atoms. The largest absolute Gasteiger partial charge is 0.462 e. The van der Waals surface area contributed by atoms with Crippen molar-refractivity contribution in [2.45, 2.75) is 261 Å². The zero-order valence-corrected chi connectivity index (χ0v) is 89.3. The second-order valence-electron chi connectivity index (χ2n) is 37.1. The summed E-state index contributed by atoms with van der Waals surface area (Å²) in [7, 11) is 1.63. The quantitative estimate of drug-likeness (QED) is 0.0215. The predicted octanol–water partition coefficient (Wildman–Crippen LogP) is 28.2. The average molecular weight is 2000 g/mol. The lowest BCUT2D eigenvalue weighted by molar-refractivity contribution is -0.167. The molecule has 1 saturated heterocycles. The monoisotopic (exact) mass is 2000 g/mol. The molecule has 776 valence electrons. The number of thiophene rings is 1. The van der Waals surface area contributed by atoms with Crippen molar-refractivity contribution in [2.75, 3.05) is 33.5 Å². The molecule has 2 heterocycles. The molecule has 3 fully saturated rings. The van der Waals surface area contributed by atoms with Crippen LogP contribution in [0, 0.1) is 5.92 Å². The van der Waals surface area contributed by atoms with Crippen molar-refractivity contribution in [3.05, 3.63) is 360 Å². The summed E-state index contributed by atoms with van der Waals surface area (Å²) in [5.74, 6) is -3.03. The van der Waals surface area contributed by atoms with Crippen LogP contribution in [-0.2, 0) is 105 Å². The minimum Gasteiger partial charge on any atom is -0.462 e. The molecule has 2 saturated carbocycles. The van der Waals surface area contributed by atoms with Gasteiger partial charge in [-0.05, 0) is 234 Å². The molecule has 0 radical (unpaired) electrons. The SMILES string of the molecule is C=C(C)C(=O)OC(C)(CC)C(C)CC.C=C(C)C(=O)OC(C)c1ccc2ccccc2c1.C=C(C)C(=O)OC(C)c1ccccc1.C=C(C)C(=O)OC(CC)c1cc2ccccc2s1.C=C(C)C(=O)OC(c1ccccc1)c1ccccc1.C=C(C)C(=O)OC1(CC)CCOC1.C=C(C)C(=O)OC1(COC(C)=O)CCCC1.C=C(C)C(=O)OC1(COC)CCCC1.C=C(C)C(=O)OC1c2ccccc2-c2ccccc21. The van der Waals surface area contributed by atoms with E-state index in [1.807, 2.05) is 217 Å². The molecule has 6 unspecified atom stereocenters. The maximum atomic E-state index is 11.8. The second kappa shape index (κ2) is 60.8. The number of carbonyl (C=O) groups is 10. The summed E-state index contributed by atoms with van der Waals surface area (Å²) in [6.45, 7) is 66.2. The van der Waals surface area contributed by atoms with E-state index >= 15 is 0 Å². The molecule has 0 amide bonds. The van der Waals surface area contributed by atoms with Gasteiger partial charge in [0.15, 0.2) is 12.2 Å². The van der Waals surface area contributed by atoms with Gasteiger partial charge < -0.3 is 56.8 Å². The fourth-order valence-corrected chi connectivity index (χ4v) is 16.2. The Kier molecular flexibility index (Phi) is 51.0. The summed E-state index contributed by atoms with van der Waals surface area (Å²) in [4.78, 5) is 115. The zero-order chi connectivity index (χ0) is 108. The van der Waals surface area contributed by atoms with Crippen LogP contribution >= 0.6 is 11.3 Å². The van der Waals surface area contributed by atoms with Crippen molar-refractivity contribution in [1.29, 1.82) is 0 Å². The van der Waals surface area contributed by atoms with Crippen molar-refractivity contribution >= 4 is 91.9 Å². The molecule has 22 nitrogen and oxygen atoms in total. The van der Waals surface area contributed by atoms with Crippen LogP contribution in [-0.4, -0.2) is 116 Å². The van der Waals surface area contributed by atoms with Gasteiger partial charge in [-0.1, -0.05) is 288 Å². The third-order valence-corrected chi connectivity index (χ3v) is 25.5. The Morgan fingerprint density at radius 1 is 0.393 bits per heavy atom. The van der Waals surface area contributed by atoms with E-state index in [1.165, 1.54) is 22.4 Å². The van der Waals surface area contributed by atoms with Gasteiger partial charge in [-0.3, -0.25) is 4.79 Å². The number of methoxy groups -OCH3 is 1. The lowest BCUT2D eigenvalue weighted by Gasteiger charge is -2.34. The summed E-state index contributed by atoms with van der Waals surface area (Å²) in [5, 5.41) is 3.52. The first-order valence-electron chi connectivity index (χ1n) is 49.1. The van der Waals surface area contributed by atoms with Gasteiger partial charge in [-0.15, -0.1) is 11.3 Å². The standard InChI is InChI=1S/C17H14O2.C17H16O2.C16H16O2.C15H16O2S.C12H18O4.C12H14O2.C12H22O2.C11H18O3.C10H16O3/c1-11(2)17(18)19-16-14-9-5-3-7-12(14)13-8-4-6-10-15(13)16;1-13(2)17(18)19-16(14-9-5-3-6-10-14)15-11-7-4-8-12-15;1-11(2)16(17)18-12(3)14-9-8-13-6-4-5-7-15(13)10-14;1-4-12(17-15(16)10(2)3)14-9-11-7-5-6-8-13(11)18-14;1-9(2)11(14)16-12(6-4-5-7-12)8-15-10(3)13;1-9(2)12(13)14-10(3)11-7-5-4-6-8-11;1-7-10(5)12(6,8-2)14-11(13)9(3)4;1-9(2)10(12)14-11(8-13-3)6-4-5-7-11;1-4-10(5-6-12-7-10)13-9(11)8(2)3/h3-10,16H,1H2,2H3;3-12,16H,1H2,2H3;4-10,12H,1H2,2-3H3;5-9,12H,2,4H2,1,3H3;1,4-8H2,2-3H3;4-8,10H,1H2,2-3H3;10H,3,7-8H2,1-2,4-6H3;1,4-8H2,2-3H3;2,4-7H2,1,3H3. The maximum absolute atomic E-state index is 11.8. The van der Waals surface area contributed by atoms with Crippen LogP contribution in [0.3, 0.4) is 0 Å². The van der Waals surface area contributed by atoms with E-state index in [9.17, 15) is 47.9 Å². The Labute approximate surface area is 863 Å². The summed E-state index contributed by atoms with van der Waals surface area (Å²) in [6, 6.07) is 69.5. The molecule has 23 heteroatoms. The van der Waals surface area contributed by atoms with E-state index < -0.39 is 23.3 Å². The van der Waals surface area contributed by atoms with E-state index in [0.29, 0.717) is 75.9 Å². The average Bonchev–Trinajstić information content (AvgIpc) is 1.61. The van der Waals surface area contributed by atoms with Crippen LogP contribution in [0.2, 0.25) is 0 Å². The number of carbonyl (C=O) groups excluding carboxylic acids is 10. The number of ether oxygens (including phenoxy) is 12. The molecular formula is C122H150O22S. The molecule has 145 heavy (non-hydrogen) atoms. The third kappa shape index (κ3) is 39.7. The molecule has 4 aliphatic rings. The number of benzene rings is 8. The van der Waals surface area contributed by atoms with Crippen molar-refractivity contribution < 1.29 is 105 Å². The second-order valence-corrected chi connectivity index (χ2v) is 38.2. The Bertz CT molecular complexity index is 5750. The van der Waals surface area contributed by atoms with Crippen molar-refractivity contribution in [2.24, 2.45) is 5.92 Å². The van der Waals surface area contributed by atoms with Crippen LogP contribution in [0.15, 0.2) is 322 Å². The first-order valence-corrected chi connectivity index (χ1v) is 49.9. The normalized spacial score (nSPS) is 15.1. The molecule has 6 atom stereocenters. The Morgan fingerprint density at radius 2 is 0.779 bits per heavy atom. The molecule has 1 aromatic heterocycles. The van der Waals surface area contributed by atoms with Crippen LogP contribution in [0.5, 0.6) is 0 Å². The molecule has 0 N–H and O–H groups in total. The fraction of sp³-hybridized carbons (Fsp3) is 0.377. The number of hydrogen-bond donors (Lipinski definition) is 0. The van der Waals surface area contributed by atoms with Gasteiger partial charge in [0, 0.05) is 91.3 Å².